The topological polar surface area (TPSA) is 73.0 Å². The van der Waals surface area contributed by atoms with Crippen molar-refractivity contribution in [2.75, 3.05) is 13.1 Å². The summed E-state index contributed by atoms with van der Waals surface area (Å²) in [5, 5.41) is 5.11. The van der Waals surface area contributed by atoms with Crippen LogP contribution < -0.4 is 5.56 Å². The molecule has 0 spiro atoms. The first kappa shape index (κ1) is 17.0. The number of thiophene rings is 1. The van der Waals surface area contributed by atoms with Gasteiger partial charge in [0.25, 0.3) is 11.5 Å². The zero-order valence-corrected chi connectivity index (χ0v) is 16.1. The number of hydrogen-bond donors (Lipinski definition) is 0. The summed E-state index contributed by atoms with van der Waals surface area (Å²) in [7, 11) is 1.67. The summed E-state index contributed by atoms with van der Waals surface area (Å²) in [5.41, 5.74) is 2.74. The Labute approximate surface area is 154 Å². The fourth-order valence-electron chi connectivity index (χ4n) is 3.70. The summed E-state index contributed by atoms with van der Waals surface area (Å²) >= 11 is 1.31. The van der Waals surface area contributed by atoms with Gasteiger partial charge >= 0.3 is 0 Å². The lowest BCUT2D eigenvalue weighted by atomic mass is 10.2. The summed E-state index contributed by atoms with van der Waals surface area (Å²) in [6.07, 6.45) is 2.39. The Bertz CT molecular complexity index is 1080. The Morgan fingerprint density at radius 1 is 1.31 bits per heavy atom. The molecule has 136 valence electrons. The van der Waals surface area contributed by atoms with Crippen LogP contribution in [0, 0.1) is 20.8 Å². The predicted molar refractivity (Wildman–Crippen MR) is 101 cm³/mol. The van der Waals surface area contributed by atoms with E-state index in [0.29, 0.717) is 28.2 Å². The molecule has 7 nitrogen and oxygen atoms in total. The lowest BCUT2D eigenvalue weighted by Crippen LogP contribution is -2.29. The number of hydrogen-bond acceptors (Lipinski definition) is 5. The Morgan fingerprint density at radius 3 is 2.77 bits per heavy atom. The number of nitrogens with zero attached hydrogens (tertiary/aromatic N) is 5. The SMILES string of the molecule is Cc1cc(C)n([C@H]2CCN(C(=O)c3sc4ncn(C)c(=O)c4c3C)C2)n1. The highest BCUT2D eigenvalue weighted by Crippen LogP contribution is 2.31. The summed E-state index contributed by atoms with van der Waals surface area (Å²) in [6, 6.07) is 2.26. The summed E-state index contributed by atoms with van der Waals surface area (Å²) in [5.74, 6) is -0.0171. The Balaban J connectivity index is 1.64. The van der Waals surface area contributed by atoms with E-state index in [1.165, 1.54) is 22.2 Å². The summed E-state index contributed by atoms with van der Waals surface area (Å²) < 4.78 is 3.47. The maximum absolute atomic E-state index is 13.1. The van der Waals surface area contributed by atoms with Crippen molar-refractivity contribution in [3.8, 4) is 0 Å². The minimum atomic E-state index is -0.107. The van der Waals surface area contributed by atoms with E-state index in [1.54, 1.807) is 7.05 Å². The van der Waals surface area contributed by atoms with E-state index in [0.717, 1.165) is 23.4 Å². The van der Waals surface area contributed by atoms with E-state index in [-0.39, 0.29) is 17.5 Å². The van der Waals surface area contributed by atoms with Crippen LogP contribution in [0.25, 0.3) is 10.2 Å². The van der Waals surface area contributed by atoms with Crippen LogP contribution in [-0.2, 0) is 7.05 Å². The highest BCUT2D eigenvalue weighted by atomic mass is 32.1. The van der Waals surface area contributed by atoms with E-state index >= 15 is 0 Å². The van der Waals surface area contributed by atoms with Crippen molar-refractivity contribution in [3.63, 3.8) is 0 Å². The Kier molecular flexibility index (Phi) is 3.95. The van der Waals surface area contributed by atoms with E-state index < -0.39 is 0 Å². The molecule has 1 amide bonds. The molecule has 0 aromatic carbocycles. The molecule has 0 aliphatic carbocycles. The molecule has 0 unspecified atom stereocenters. The minimum absolute atomic E-state index is 0.0171. The summed E-state index contributed by atoms with van der Waals surface area (Å²) in [6.45, 7) is 7.20. The highest BCUT2D eigenvalue weighted by molar-refractivity contribution is 7.20. The molecule has 0 N–H and O–H groups in total. The van der Waals surface area contributed by atoms with Gasteiger partial charge in [0.15, 0.2) is 0 Å². The van der Waals surface area contributed by atoms with Crippen LogP contribution in [0.2, 0.25) is 0 Å². The fraction of sp³-hybridized carbons (Fsp3) is 0.444. The maximum atomic E-state index is 13.1. The van der Waals surface area contributed by atoms with Crippen molar-refractivity contribution in [1.29, 1.82) is 0 Å². The van der Waals surface area contributed by atoms with Gasteiger partial charge in [0, 0.05) is 25.8 Å². The molecule has 0 radical (unpaired) electrons. The van der Waals surface area contributed by atoms with Crippen molar-refractivity contribution in [3.05, 3.63) is 44.6 Å². The zero-order chi connectivity index (χ0) is 18.6. The predicted octanol–water partition coefficient (Wildman–Crippen LogP) is 2.20. The third kappa shape index (κ3) is 2.56. The van der Waals surface area contributed by atoms with Gasteiger partial charge in [-0.3, -0.25) is 14.3 Å². The number of likely N-dealkylation sites (tertiary alicyclic amines) is 1. The number of rotatable bonds is 2. The average Bonchev–Trinajstić information content (AvgIpc) is 3.28. The van der Waals surface area contributed by atoms with E-state index in [9.17, 15) is 9.59 Å². The second-order valence-electron chi connectivity index (χ2n) is 6.96. The van der Waals surface area contributed by atoms with Crippen LogP contribution in [0.5, 0.6) is 0 Å². The first-order valence-electron chi connectivity index (χ1n) is 8.63. The minimum Gasteiger partial charge on any atom is -0.336 e. The average molecular weight is 371 g/mol. The van der Waals surface area contributed by atoms with Gasteiger partial charge in [-0.25, -0.2) is 4.98 Å². The van der Waals surface area contributed by atoms with Crippen LogP contribution in [0.4, 0.5) is 0 Å². The number of aromatic nitrogens is 4. The third-order valence-electron chi connectivity index (χ3n) is 5.05. The van der Waals surface area contributed by atoms with Crippen molar-refractivity contribution in [2.24, 2.45) is 7.05 Å². The quantitative estimate of drug-likeness (QED) is 0.692. The van der Waals surface area contributed by atoms with Gasteiger partial charge in [-0.1, -0.05) is 0 Å². The standard InChI is InChI=1S/C18H21N5O2S/c1-10-7-11(2)23(20-10)13-5-6-22(8-13)18(25)15-12(3)14-16(26-15)19-9-21(4)17(14)24/h7,9,13H,5-6,8H2,1-4H3/t13-/m0/s1. The van der Waals surface area contributed by atoms with Crippen LogP contribution in [-0.4, -0.2) is 43.2 Å². The van der Waals surface area contributed by atoms with Gasteiger partial charge in [-0.15, -0.1) is 11.3 Å². The Morgan fingerprint density at radius 2 is 2.08 bits per heavy atom. The van der Waals surface area contributed by atoms with Gasteiger partial charge in [-0.2, -0.15) is 5.10 Å². The Hall–Kier alpha value is -2.48. The molecule has 4 rings (SSSR count). The molecular formula is C18H21N5O2S. The first-order valence-corrected chi connectivity index (χ1v) is 9.45. The van der Waals surface area contributed by atoms with Gasteiger partial charge in [-0.05, 0) is 38.8 Å². The van der Waals surface area contributed by atoms with E-state index in [4.69, 9.17) is 0 Å². The molecule has 26 heavy (non-hydrogen) atoms. The van der Waals surface area contributed by atoms with E-state index in [2.05, 4.69) is 16.1 Å². The van der Waals surface area contributed by atoms with Crippen LogP contribution in [0.15, 0.2) is 17.2 Å². The molecule has 3 aromatic heterocycles. The van der Waals surface area contributed by atoms with Crippen molar-refractivity contribution in [1.82, 2.24) is 24.2 Å². The molecule has 8 heteroatoms. The van der Waals surface area contributed by atoms with Gasteiger partial charge in [0.2, 0.25) is 0 Å². The van der Waals surface area contributed by atoms with Crippen molar-refractivity contribution < 1.29 is 4.79 Å². The zero-order valence-electron chi connectivity index (χ0n) is 15.3. The molecule has 1 saturated heterocycles. The molecule has 1 aliphatic heterocycles. The molecule has 1 atom stereocenters. The highest BCUT2D eigenvalue weighted by Gasteiger charge is 2.31. The number of carbonyl (C=O) groups excluding carboxylic acids is 1. The van der Waals surface area contributed by atoms with Crippen LogP contribution in [0.1, 0.15) is 39.1 Å². The number of carbonyl (C=O) groups is 1. The van der Waals surface area contributed by atoms with Crippen molar-refractivity contribution in [2.45, 2.75) is 33.2 Å². The lowest BCUT2D eigenvalue weighted by Gasteiger charge is -2.17. The first-order chi connectivity index (χ1) is 12.4. The lowest BCUT2D eigenvalue weighted by molar-refractivity contribution is 0.0791. The van der Waals surface area contributed by atoms with Gasteiger partial charge in [0.05, 0.1) is 28.3 Å². The normalized spacial score (nSPS) is 17.4. The number of fused-ring (bicyclic) bond motifs is 1. The van der Waals surface area contributed by atoms with Gasteiger partial charge < -0.3 is 9.47 Å². The molecule has 4 heterocycles. The summed E-state index contributed by atoms with van der Waals surface area (Å²) in [4.78, 5) is 32.9. The maximum Gasteiger partial charge on any atom is 0.264 e. The van der Waals surface area contributed by atoms with Gasteiger partial charge in [0.1, 0.15) is 4.83 Å². The monoisotopic (exact) mass is 371 g/mol. The largest absolute Gasteiger partial charge is 0.336 e. The molecule has 3 aromatic rings. The van der Waals surface area contributed by atoms with Crippen LogP contribution in [0.3, 0.4) is 0 Å². The second-order valence-corrected chi connectivity index (χ2v) is 7.96. The number of amides is 1. The molecule has 0 saturated carbocycles. The molecular weight excluding hydrogens is 350 g/mol. The fourth-order valence-corrected chi connectivity index (χ4v) is 4.81. The second kappa shape index (κ2) is 6.05. The molecule has 0 bridgehead atoms. The third-order valence-corrected chi connectivity index (χ3v) is 6.23. The number of aryl methyl sites for hydroxylation is 4. The molecule has 1 aliphatic rings. The van der Waals surface area contributed by atoms with E-state index in [1.807, 2.05) is 30.4 Å². The molecule has 1 fully saturated rings. The van der Waals surface area contributed by atoms with Crippen molar-refractivity contribution >= 4 is 27.5 Å². The van der Waals surface area contributed by atoms with Crippen LogP contribution >= 0.6 is 11.3 Å². The smallest absolute Gasteiger partial charge is 0.264 e.